The van der Waals surface area contributed by atoms with Crippen LogP contribution in [0.25, 0.3) is 10.2 Å². The molecular formula is C21H23N3O2S3. The first-order valence-electron chi connectivity index (χ1n) is 9.34. The number of thiophene rings is 1. The third-order valence-electron chi connectivity index (χ3n) is 4.70. The summed E-state index contributed by atoms with van der Waals surface area (Å²) in [6.45, 7) is 6.84. The minimum absolute atomic E-state index is 0.0363. The average molecular weight is 446 g/mol. The number of hydrogen-bond acceptors (Lipinski definition) is 7. The summed E-state index contributed by atoms with van der Waals surface area (Å²) in [6.07, 6.45) is 2.80. The van der Waals surface area contributed by atoms with Crippen molar-refractivity contribution in [3.8, 4) is 0 Å². The molecule has 0 saturated carbocycles. The Morgan fingerprint density at radius 1 is 1.34 bits per heavy atom. The smallest absolute Gasteiger partial charge is 0.234 e. The topological polar surface area (TPSA) is 64.1 Å². The number of aromatic nitrogens is 2. The van der Waals surface area contributed by atoms with E-state index in [1.54, 1.807) is 11.3 Å². The molecule has 2 aromatic heterocycles. The number of hydrogen-bond donors (Lipinski definition) is 1. The summed E-state index contributed by atoms with van der Waals surface area (Å²) in [5, 5.41) is 5.68. The second kappa shape index (κ2) is 8.26. The maximum atomic E-state index is 12.5. The van der Waals surface area contributed by atoms with Crippen LogP contribution < -0.4 is 5.32 Å². The van der Waals surface area contributed by atoms with E-state index in [4.69, 9.17) is 14.7 Å². The molecule has 0 fully saturated rings. The third kappa shape index (κ3) is 4.60. The van der Waals surface area contributed by atoms with E-state index in [-0.39, 0.29) is 11.5 Å². The van der Waals surface area contributed by atoms with Crippen LogP contribution in [-0.2, 0) is 22.6 Å². The summed E-state index contributed by atoms with van der Waals surface area (Å²) in [6, 6.07) is 7.82. The molecule has 5 nitrogen and oxygen atoms in total. The summed E-state index contributed by atoms with van der Waals surface area (Å²) in [5.74, 6) is 0.268. The molecular weight excluding hydrogens is 422 g/mol. The molecule has 4 rings (SSSR count). The highest BCUT2D eigenvalue weighted by Gasteiger charge is 2.31. The Morgan fingerprint density at radius 2 is 2.17 bits per heavy atom. The monoisotopic (exact) mass is 445 g/mol. The van der Waals surface area contributed by atoms with Gasteiger partial charge in [-0.05, 0) is 50.3 Å². The molecule has 29 heavy (non-hydrogen) atoms. The molecule has 1 amide bonds. The van der Waals surface area contributed by atoms with Crippen LogP contribution in [-0.4, -0.2) is 33.5 Å². The van der Waals surface area contributed by atoms with Gasteiger partial charge in [-0.15, -0.1) is 11.3 Å². The van der Waals surface area contributed by atoms with Crippen LogP contribution in [0.15, 0.2) is 34.4 Å². The third-order valence-corrected chi connectivity index (χ3v) is 7.32. The van der Waals surface area contributed by atoms with Gasteiger partial charge < -0.3 is 10.1 Å². The minimum atomic E-state index is -0.205. The van der Waals surface area contributed by atoms with Gasteiger partial charge in [-0.25, -0.2) is 9.97 Å². The summed E-state index contributed by atoms with van der Waals surface area (Å²) in [4.78, 5) is 24.2. The number of benzene rings is 1. The fraction of sp³-hybridized carbons (Fsp3) is 0.381. The number of rotatable bonds is 5. The molecule has 0 radical (unpaired) electrons. The molecule has 0 saturated heterocycles. The Balaban J connectivity index is 1.60. The molecule has 0 aliphatic carbocycles. The van der Waals surface area contributed by atoms with E-state index >= 15 is 0 Å². The number of nitrogens with one attached hydrogen (secondary N) is 1. The van der Waals surface area contributed by atoms with Crippen LogP contribution in [0.3, 0.4) is 0 Å². The zero-order valence-corrected chi connectivity index (χ0v) is 19.3. The minimum Gasteiger partial charge on any atom is -0.370 e. The van der Waals surface area contributed by atoms with Gasteiger partial charge in [0.2, 0.25) is 5.91 Å². The van der Waals surface area contributed by atoms with Crippen molar-refractivity contribution in [1.82, 2.24) is 9.97 Å². The van der Waals surface area contributed by atoms with Crippen molar-refractivity contribution >= 4 is 56.7 Å². The Labute approximate surface area is 183 Å². The van der Waals surface area contributed by atoms with E-state index in [0.717, 1.165) is 38.1 Å². The second-order valence-electron chi connectivity index (χ2n) is 7.63. The van der Waals surface area contributed by atoms with E-state index in [1.165, 1.54) is 34.0 Å². The highest BCUT2D eigenvalue weighted by atomic mass is 32.2. The second-order valence-corrected chi connectivity index (χ2v) is 10.5. The van der Waals surface area contributed by atoms with Gasteiger partial charge in [0.05, 0.1) is 18.0 Å². The van der Waals surface area contributed by atoms with Crippen LogP contribution >= 0.6 is 34.9 Å². The largest absolute Gasteiger partial charge is 0.370 e. The van der Waals surface area contributed by atoms with Crippen LogP contribution in [0.1, 0.15) is 29.9 Å². The quantitative estimate of drug-likeness (QED) is 0.326. The van der Waals surface area contributed by atoms with Gasteiger partial charge in [-0.3, -0.25) is 4.79 Å². The summed E-state index contributed by atoms with van der Waals surface area (Å²) in [5.41, 5.74) is 3.01. The van der Waals surface area contributed by atoms with Gasteiger partial charge in [0.1, 0.15) is 9.86 Å². The summed E-state index contributed by atoms with van der Waals surface area (Å²) < 4.78 is 5.98. The molecule has 1 aliphatic heterocycles. The predicted molar refractivity (Wildman–Crippen MR) is 122 cm³/mol. The zero-order chi connectivity index (χ0) is 20.6. The number of aryl methyl sites for hydroxylation is 1. The summed E-state index contributed by atoms with van der Waals surface area (Å²) >= 11 is 4.68. The van der Waals surface area contributed by atoms with Crippen molar-refractivity contribution in [3.63, 3.8) is 0 Å². The van der Waals surface area contributed by atoms with Gasteiger partial charge in [0.25, 0.3) is 0 Å². The molecule has 8 heteroatoms. The Kier molecular flexibility index (Phi) is 5.88. The predicted octanol–water partition coefficient (Wildman–Crippen LogP) is 5.30. The van der Waals surface area contributed by atoms with E-state index in [0.29, 0.717) is 12.4 Å². The van der Waals surface area contributed by atoms with Crippen molar-refractivity contribution in [2.75, 3.05) is 17.3 Å². The highest BCUT2D eigenvalue weighted by molar-refractivity contribution is 8.00. The number of fused-ring (bicyclic) bond motifs is 3. The molecule has 0 unspecified atom stereocenters. The first-order chi connectivity index (χ1) is 13.8. The van der Waals surface area contributed by atoms with Crippen molar-refractivity contribution in [2.45, 2.75) is 49.6 Å². The molecule has 0 bridgehead atoms. The first kappa shape index (κ1) is 20.7. The van der Waals surface area contributed by atoms with E-state index < -0.39 is 0 Å². The van der Waals surface area contributed by atoms with Gasteiger partial charge in [-0.2, -0.15) is 0 Å². The Bertz CT molecular complexity index is 1080. The molecule has 3 aromatic rings. The van der Waals surface area contributed by atoms with E-state index in [9.17, 15) is 4.79 Å². The first-order valence-corrected chi connectivity index (χ1v) is 12.4. The van der Waals surface area contributed by atoms with Crippen LogP contribution in [0, 0.1) is 6.92 Å². The number of anilines is 1. The number of thioether (sulfide) groups is 2. The Hall–Kier alpha value is -1.61. The van der Waals surface area contributed by atoms with Crippen molar-refractivity contribution in [1.29, 1.82) is 0 Å². The number of carbonyl (C=O) groups excluding carboxylic acids is 1. The molecule has 152 valence electrons. The fourth-order valence-electron chi connectivity index (χ4n) is 3.34. The van der Waals surface area contributed by atoms with Gasteiger partial charge in [-0.1, -0.05) is 35.7 Å². The van der Waals surface area contributed by atoms with E-state index in [2.05, 4.69) is 19.2 Å². The van der Waals surface area contributed by atoms with Gasteiger partial charge in [0, 0.05) is 22.4 Å². The van der Waals surface area contributed by atoms with Crippen molar-refractivity contribution < 1.29 is 9.53 Å². The van der Waals surface area contributed by atoms with Crippen molar-refractivity contribution in [3.05, 3.63) is 40.3 Å². The highest BCUT2D eigenvalue weighted by Crippen LogP contribution is 2.42. The number of amides is 1. The van der Waals surface area contributed by atoms with Crippen LogP contribution in [0.5, 0.6) is 0 Å². The van der Waals surface area contributed by atoms with Crippen molar-refractivity contribution in [2.24, 2.45) is 0 Å². The van der Waals surface area contributed by atoms with Gasteiger partial charge in [0.15, 0.2) is 5.16 Å². The lowest BCUT2D eigenvalue weighted by Gasteiger charge is -2.30. The average Bonchev–Trinajstić information content (AvgIpc) is 3.02. The molecule has 0 atom stereocenters. The molecule has 1 aromatic carbocycles. The fourth-order valence-corrected chi connectivity index (χ4v) is 5.85. The lowest BCUT2D eigenvalue weighted by molar-refractivity contribution is -0.113. The summed E-state index contributed by atoms with van der Waals surface area (Å²) in [7, 11) is 0. The maximum Gasteiger partial charge on any atom is 0.234 e. The Morgan fingerprint density at radius 3 is 2.93 bits per heavy atom. The van der Waals surface area contributed by atoms with Crippen LogP contribution in [0.4, 0.5) is 5.69 Å². The molecule has 0 spiro atoms. The number of carbonyl (C=O) groups is 1. The molecule has 3 heterocycles. The standard InChI is InChI=1S/C21H23N3O2S3/c1-12-6-5-7-13(8-12)22-16(25)11-28-18-17-14-9-21(2,3)26-10-15(14)29-19(17)24-20(23-18)27-4/h5-8H,9-11H2,1-4H3,(H,22,25). The van der Waals surface area contributed by atoms with Crippen LogP contribution in [0.2, 0.25) is 0 Å². The number of nitrogens with zero attached hydrogens (tertiary/aromatic N) is 2. The maximum absolute atomic E-state index is 12.5. The molecule has 1 aliphatic rings. The molecule has 1 N–H and O–H groups in total. The number of ether oxygens (including phenoxy) is 1. The normalized spacial score (nSPS) is 15.3. The van der Waals surface area contributed by atoms with E-state index in [1.807, 2.05) is 37.4 Å². The lowest BCUT2D eigenvalue weighted by atomic mass is 9.95. The SMILES string of the molecule is CSc1nc(SCC(=O)Nc2cccc(C)c2)c2c3c(sc2n1)COC(C)(C)C3. The van der Waals surface area contributed by atoms with Gasteiger partial charge >= 0.3 is 0 Å². The zero-order valence-electron chi connectivity index (χ0n) is 16.9. The lowest BCUT2D eigenvalue weighted by Crippen LogP contribution is -2.31.